The molecule has 3 heterocycles. The van der Waals surface area contributed by atoms with Crippen molar-refractivity contribution in [3.63, 3.8) is 0 Å². The van der Waals surface area contributed by atoms with Crippen LogP contribution in [0.25, 0.3) is 11.4 Å². The number of hydrogen-bond donors (Lipinski definition) is 0. The van der Waals surface area contributed by atoms with E-state index < -0.39 is 0 Å². The van der Waals surface area contributed by atoms with Crippen LogP contribution in [-0.2, 0) is 16.0 Å². The highest BCUT2D eigenvalue weighted by Gasteiger charge is 2.29. The van der Waals surface area contributed by atoms with Gasteiger partial charge in [-0.3, -0.25) is 9.78 Å². The first-order valence-corrected chi connectivity index (χ1v) is 9.40. The van der Waals surface area contributed by atoms with Gasteiger partial charge in [0.2, 0.25) is 17.6 Å². The van der Waals surface area contributed by atoms with Crippen molar-refractivity contribution in [1.29, 1.82) is 0 Å². The number of amides is 1. The molecule has 28 heavy (non-hydrogen) atoms. The maximum Gasteiger partial charge on any atom is 0.227 e. The number of aryl methyl sites for hydroxylation is 1. The fourth-order valence-corrected chi connectivity index (χ4v) is 3.35. The normalized spacial score (nSPS) is 19.5. The number of rotatable bonds is 5. The van der Waals surface area contributed by atoms with Crippen LogP contribution in [0.15, 0.2) is 59.4 Å². The monoisotopic (exact) mass is 378 g/mol. The second-order valence-corrected chi connectivity index (χ2v) is 6.89. The first kappa shape index (κ1) is 18.3. The number of benzene rings is 1. The minimum atomic E-state index is -0.101. The van der Waals surface area contributed by atoms with E-state index in [1.54, 1.807) is 12.4 Å². The number of nitrogens with zero attached hydrogens (tertiary/aromatic N) is 4. The SMILES string of the molecule is CC1CN(C(=O)CCc2nc(-c3ccncc3)no2)CC(c2ccccc2)O1. The van der Waals surface area contributed by atoms with E-state index in [1.165, 1.54) is 0 Å². The van der Waals surface area contributed by atoms with Crippen molar-refractivity contribution in [3.05, 3.63) is 66.3 Å². The standard InChI is InChI=1S/C21H22N4O3/c1-15-13-25(14-18(27-15)16-5-3-2-4-6-16)20(26)8-7-19-23-21(24-28-19)17-9-11-22-12-10-17/h2-6,9-12,15,18H,7-8,13-14H2,1H3. The van der Waals surface area contributed by atoms with E-state index in [9.17, 15) is 4.79 Å². The molecule has 0 N–H and O–H groups in total. The summed E-state index contributed by atoms with van der Waals surface area (Å²) in [5, 5.41) is 3.98. The molecular weight excluding hydrogens is 356 g/mol. The molecule has 4 rings (SSSR count). The van der Waals surface area contributed by atoms with Crippen LogP contribution in [0.4, 0.5) is 0 Å². The molecule has 1 saturated heterocycles. The summed E-state index contributed by atoms with van der Waals surface area (Å²) >= 11 is 0. The molecule has 2 aromatic heterocycles. The summed E-state index contributed by atoms with van der Waals surface area (Å²) in [5.74, 6) is 1.04. The van der Waals surface area contributed by atoms with Gasteiger partial charge in [0.15, 0.2) is 0 Å². The molecule has 0 radical (unpaired) electrons. The van der Waals surface area contributed by atoms with Crippen LogP contribution in [0.1, 0.15) is 30.9 Å². The van der Waals surface area contributed by atoms with E-state index >= 15 is 0 Å². The van der Waals surface area contributed by atoms with Crippen LogP contribution >= 0.6 is 0 Å². The third-order valence-electron chi connectivity index (χ3n) is 4.74. The van der Waals surface area contributed by atoms with Crippen molar-refractivity contribution in [2.45, 2.75) is 32.0 Å². The molecule has 0 saturated carbocycles. The van der Waals surface area contributed by atoms with Crippen molar-refractivity contribution in [1.82, 2.24) is 20.0 Å². The van der Waals surface area contributed by atoms with Gasteiger partial charge in [0.1, 0.15) is 6.10 Å². The summed E-state index contributed by atoms with van der Waals surface area (Å²) < 4.78 is 11.3. The lowest BCUT2D eigenvalue weighted by Gasteiger charge is -2.37. The Morgan fingerprint density at radius 3 is 2.71 bits per heavy atom. The fourth-order valence-electron chi connectivity index (χ4n) is 3.35. The van der Waals surface area contributed by atoms with Crippen molar-refractivity contribution in [3.8, 4) is 11.4 Å². The molecular formula is C21H22N4O3. The molecule has 1 aliphatic heterocycles. The molecule has 1 aromatic carbocycles. The number of hydrogen-bond acceptors (Lipinski definition) is 6. The molecule has 7 nitrogen and oxygen atoms in total. The molecule has 0 spiro atoms. The quantitative estimate of drug-likeness (QED) is 0.679. The van der Waals surface area contributed by atoms with Gasteiger partial charge in [0.25, 0.3) is 0 Å². The van der Waals surface area contributed by atoms with E-state index in [0.29, 0.717) is 37.6 Å². The maximum atomic E-state index is 12.7. The Bertz CT molecular complexity index is 914. The van der Waals surface area contributed by atoms with Gasteiger partial charge in [-0.15, -0.1) is 0 Å². The van der Waals surface area contributed by atoms with Gasteiger partial charge in [0, 0.05) is 37.3 Å². The third-order valence-corrected chi connectivity index (χ3v) is 4.74. The first-order valence-electron chi connectivity index (χ1n) is 9.40. The molecule has 1 aliphatic rings. The third kappa shape index (κ3) is 4.26. The molecule has 7 heteroatoms. The second kappa shape index (κ2) is 8.31. The van der Waals surface area contributed by atoms with Crippen molar-refractivity contribution in [2.75, 3.05) is 13.1 Å². The highest BCUT2D eigenvalue weighted by molar-refractivity contribution is 5.76. The first-order chi connectivity index (χ1) is 13.7. The molecule has 2 atom stereocenters. The summed E-state index contributed by atoms with van der Waals surface area (Å²) in [6.07, 6.45) is 3.99. The van der Waals surface area contributed by atoms with Crippen LogP contribution in [0.2, 0.25) is 0 Å². The minimum absolute atomic E-state index is 0.00963. The van der Waals surface area contributed by atoms with Crippen LogP contribution in [0, 0.1) is 0 Å². The van der Waals surface area contributed by atoms with Gasteiger partial charge in [-0.1, -0.05) is 35.5 Å². The second-order valence-electron chi connectivity index (χ2n) is 6.89. The van der Waals surface area contributed by atoms with Gasteiger partial charge in [-0.2, -0.15) is 4.98 Å². The number of carbonyl (C=O) groups is 1. The average Bonchev–Trinajstić information content (AvgIpc) is 3.22. The lowest BCUT2D eigenvalue weighted by Crippen LogP contribution is -2.46. The molecule has 1 fully saturated rings. The van der Waals surface area contributed by atoms with Gasteiger partial charge >= 0.3 is 0 Å². The Morgan fingerprint density at radius 1 is 1.14 bits per heavy atom. The van der Waals surface area contributed by atoms with Crippen LogP contribution < -0.4 is 0 Å². The Hall–Kier alpha value is -3.06. The van der Waals surface area contributed by atoms with Crippen molar-refractivity contribution < 1.29 is 14.1 Å². The zero-order valence-electron chi connectivity index (χ0n) is 15.7. The Morgan fingerprint density at radius 2 is 1.93 bits per heavy atom. The number of carbonyl (C=O) groups excluding carboxylic acids is 1. The smallest absolute Gasteiger partial charge is 0.227 e. The Balaban J connectivity index is 1.36. The molecule has 144 valence electrons. The molecule has 3 aromatic rings. The van der Waals surface area contributed by atoms with Crippen LogP contribution in [0.3, 0.4) is 0 Å². The number of aromatic nitrogens is 3. The zero-order valence-corrected chi connectivity index (χ0v) is 15.7. The topological polar surface area (TPSA) is 81.4 Å². The van der Waals surface area contributed by atoms with E-state index in [4.69, 9.17) is 9.26 Å². The lowest BCUT2D eigenvalue weighted by molar-refractivity contribution is -0.144. The highest BCUT2D eigenvalue weighted by atomic mass is 16.5. The Labute approximate surface area is 163 Å². The van der Waals surface area contributed by atoms with E-state index in [1.807, 2.05) is 54.3 Å². The zero-order chi connectivity index (χ0) is 19.3. The molecule has 0 bridgehead atoms. The minimum Gasteiger partial charge on any atom is -0.367 e. The molecule has 1 amide bonds. The summed E-state index contributed by atoms with van der Waals surface area (Å²) in [6, 6.07) is 13.6. The summed E-state index contributed by atoms with van der Waals surface area (Å²) in [7, 11) is 0. The van der Waals surface area contributed by atoms with Gasteiger partial charge in [-0.05, 0) is 24.6 Å². The van der Waals surface area contributed by atoms with Gasteiger partial charge < -0.3 is 14.2 Å². The highest BCUT2D eigenvalue weighted by Crippen LogP contribution is 2.25. The number of ether oxygens (including phenoxy) is 1. The number of morpholine rings is 1. The molecule has 0 aliphatic carbocycles. The maximum absolute atomic E-state index is 12.7. The van der Waals surface area contributed by atoms with Crippen molar-refractivity contribution in [2.24, 2.45) is 0 Å². The summed E-state index contributed by atoms with van der Waals surface area (Å²) in [5.41, 5.74) is 1.93. The molecule has 2 unspecified atom stereocenters. The predicted molar refractivity (Wildman–Crippen MR) is 102 cm³/mol. The van der Waals surface area contributed by atoms with E-state index in [-0.39, 0.29) is 18.1 Å². The predicted octanol–water partition coefficient (Wildman–Crippen LogP) is 3.05. The summed E-state index contributed by atoms with van der Waals surface area (Å²) in [6.45, 7) is 3.14. The Kier molecular flexibility index (Phi) is 5.43. The van der Waals surface area contributed by atoms with Gasteiger partial charge in [-0.25, -0.2) is 0 Å². The number of pyridine rings is 1. The van der Waals surface area contributed by atoms with Crippen molar-refractivity contribution >= 4 is 5.91 Å². The van der Waals surface area contributed by atoms with Crippen LogP contribution in [0.5, 0.6) is 0 Å². The van der Waals surface area contributed by atoms with E-state index in [2.05, 4.69) is 15.1 Å². The van der Waals surface area contributed by atoms with E-state index in [0.717, 1.165) is 11.1 Å². The largest absolute Gasteiger partial charge is 0.367 e. The van der Waals surface area contributed by atoms with Gasteiger partial charge in [0.05, 0.1) is 12.6 Å². The van der Waals surface area contributed by atoms with Crippen LogP contribution in [-0.4, -0.2) is 45.1 Å². The lowest BCUT2D eigenvalue weighted by atomic mass is 10.1. The average molecular weight is 378 g/mol. The summed E-state index contributed by atoms with van der Waals surface area (Å²) in [4.78, 5) is 23.0. The fraction of sp³-hybridized carbons (Fsp3) is 0.333.